The molecule has 6 heteroatoms. The largest absolute Gasteiger partial charge is 0.347 e. The van der Waals surface area contributed by atoms with Crippen LogP contribution in [0.4, 0.5) is 0 Å². The SMILES string of the molecule is Cc1ccccc1CNS(=O)(=O)c1cccc(C(=O)NC(C)(C)C)c1. The molecule has 2 rings (SSSR count). The molecule has 2 N–H and O–H groups in total. The van der Waals surface area contributed by atoms with Crippen molar-refractivity contribution in [2.24, 2.45) is 0 Å². The lowest BCUT2D eigenvalue weighted by atomic mass is 10.1. The molecule has 0 heterocycles. The van der Waals surface area contributed by atoms with E-state index in [-0.39, 0.29) is 17.3 Å². The summed E-state index contributed by atoms with van der Waals surface area (Å²) >= 11 is 0. The fraction of sp³-hybridized carbons (Fsp3) is 0.316. The van der Waals surface area contributed by atoms with Crippen LogP contribution in [0.25, 0.3) is 0 Å². The molecule has 2 aromatic rings. The Bertz CT molecular complexity index is 868. The maximum absolute atomic E-state index is 12.5. The fourth-order valence-electron chi connectivity index (χ4n) is 2.28. The normalized spacial score (nSPS) is 12.0. The van der Waals surface area contributed by atoms with E-state index in [1.807, 2.05) is 52.0 Å². The van der Waals surface area contributed by atoms with E-state index in [9.17, 15) is 13.2 Å². The molecule has 0 saturated heterocycles. The van der Waals surface area contributed by atoms with Crippen molar-refractivity contribution in [2.75, 3.05) is 0 Å². The van der Waals surface area contributed by atoms with E-state index < -0.39 is 15.6 Å². The third-order valence-electron chi connectivity index (χ3n) is 3.61. The van der Waals surface area contributed by atoms with Gasteiger partial charge in [0.05, 0.1) is 4.90 Å². The maximum Gasteiger partial charge on any atom is 0.251 e. The third-order valence-corrected chi connectivity index (χ3v) is 5.01. The van der Waals surface area contributed by atoms with Crippen molar-refractivity contribution >= 4 is 15.9 Å². The van der Waals surface area contributed by atoms with Gasteiger partial charge in [-0.1, -0.05) is 30.3 Å². The first-order chi connectivity index (χ1) is 11.6. The lowest BCUT2D eigenvalue weighted by Crippen LogP contribution is -2.40. The van der Waals surface area contributed by atoms with Gasteiger partial charge in [0.2, 0.25) is 10.0 Å². The van der Waals surface area contributed by atoms with Crippen molar-refractivity contribution in [3.63, 3.8) is 0 Å². The molecule has 25 heavy (non-hydrogen) atoms. The Kier molecular flexibility index (Phi) is 5.65. The van der Waals surface area contributed by atoms with Crippen LogP contribution in [-0.2, 0) is 16.6 Å². The fourth-order valence-corrected chi connectivity index (χ4v) is 3.33. The topological polar surface area (TPSA) is 75.3 Å². The summed E-state index contributed by atoms with van der Waals surface area (Å²) in [5.41, 5.74) is 1.85. The Balaban J connectivity index is 2.18. The van der Waals surface area contributed by atoms with Gasteiger partial charge in [0.15, 0.2) is 0 Å². The number of carbonyl (C=O) groups excluding carboxylic acids is 1. The van der Waals surface area contributed by atoms with Crippen LogP contribution in [0.2, 0.25) is 0 Å². The van der Waals surface area contributed by atoms with Crippen molar-refractivity contribution in [3.8, 4) is 0 Å². The van der Waals surface area contributed by atoms with Crippen LogP contribution in [0.1, 0.15) is 42.3 Å². The zero-order chi connectivity index (χ0) is 18.7. The third kappa shape index (κ3) is 5.41. The Morgan fingerprint density at radius 1 is 1.04 bits per heavy atom. The number of sulfonamides is 1. The minimum absolute atomic E-state index is 0.0719. The minimum Gasteiger partial charge on any atom is -0.347 e. The minimum atomic E-state index is -3.70. The Morgan fingerprint density at radius 2 is 1.72 bits per heavy atom. The second-order valence-corrected chi connectivity index (χ2v) is 8.75. The smallest absolute Gasteiger partial charge is 0.251 e. The number of aryl methyl sites for hydroxylation is 1. The molecular weight excluding hydrogens is 336 g/mol. The van der Waals surface area contributed by atoms with Crippen molar-refractivity contribution in [2.45, 2.75) is 44.7 Å². The molecule has 0 radical (unpaired) electrons. The van der Waals surface area contributed by atoms with E-state index >= 15 is 0 Å². The Morgan fingerprint density at radius 3 is 2.36 bits per heavy atom. The predicted molar refractivity (Wildman–Crippen MR) is 98.9 cm³/mol. The van der Waals surface area contributed by atoms with Gasteiger partial charge in [-0.15, -0.1) is 0 Å². The Hall–Kier alpha value is -2.18. The number of nitrogens with one attached hydrogen (secondary N) is 2. The monoisotopic (exact) mass is 360 g/mol. The molecule has 2 aromatic carbocycles. The molecule has 1 amide bonds. The highest BCUT2D eigenvalue weighted by molar-refractivity contribution is 7.89. The van der Waals surface area contributed by atoms with Crippen LogP contribution in [0.15, 0.2) is 53.4 Å². The second-order valence-electron chi connectivity index (χ2n) is 6.98. The van der Waals surface area contributed by atoms with Crippen molar-refractivity contribution in [1.82, 2.24) is 10.0 Å². The summed E-state index contributed by atoms with van der Waals surface area (Å²) in [6, 6.07) is 13.6. The second kappa shape index (κ2) is 7.37. The number of amides is 1. The standard InChI is InChI=1S/C19H24N2O3S/c1-14-8-5-6-9-16(14)13-20-25(23,24)17-11-7-10-15(12-17)18(22)21-19(2,3)4/h5-12,20H,13H2,1-4H3,(H,21,22). The number of carbonyl (C=O) groups is 1. The van der Waals surface area contributed by atoms with Crippen LogP contribution < -0.4 is 10.0 Å². The molecule has 134 valence electrons. The van der Waals surface area contributed by atoms with Gasteiger partial charge in [0.25, 0.3) is 5.91 Å². The number of benzene rings is 2. The first kappa shape index (κ1) is 19.1. The van der Waals surface area contributed by atoms with E-state index in [0.717, 1.165) is 11.1 Å². The summed E-state index contributed by atoms with van der Waals surface area (Å²) in [6.45, 7) is 7.74. The van der Waals surface area contributed by atoms with Crippen LogP contribution >= 0.6 is 0 Å². The van der Waals surface area contributed by atoms with E-state index in [1.165, 1.54) is 12.1 Å². The van der Waals surface area contributed by atoms with Crippen molar-refractivity contribution in [3.05, 3.63) is 65.2 Å². The average molecular weight is 360 g/mol. The van der Waals surface area contributed by atoms with Gasteiger partial charge in [-0.05, 0) is 57.0 Å². The molecule has 0 aliphatic heterocycles. The number of hydrogen-bond acceptors (Lipinski definition) is 3. The molecule has 0 aliphatic rings. The maximum atomic E-state index is 12.5. The first-order valence-electron chi connectivity index (χ1n) is 8.05. The molecule has 0 atom stereocenters. The predicted octanol–water partition coefficient (Wildman–Crippen LogP) is 3.00. The highest BCUT2D eigenvalue weighted by atomic mass is 32.2. The molecule has 0 aliphatic carbocycles. The highest BCUT2D eigenvalue weighted by Crippen LogP contribution is 2.14. The van der Waals surface area contributed by atoms with Crippen LogP contribution in [0.3, 0.4) is 0 Å². The van der Waals surface area contributed by atoms with E-state index in [1.54, 1.807) is 12.1 Å². The number of hydrogen-bond donors (Lipinski definition) is 2. The summed E-state index contributed by atoms with van der Waals surface area (Å²) in [5.74, 6) is -0.302. The highest BCUT2D eigenvalue weighted by Gasteiger charge is 2.19. The van der Waals surface area contributed by atoms with Gasteiger partial charge >= 0.3 is 0 Å². The molecular formula is C19H24N2O3S. The summed E-state index contributed by atoms with van der Waals surface area (Å²) < 4.78 is 27.7. The zero-order valence-corrected chi connectivity index (χ0v) is 15.8. The lowest BCUT2D eigenvalue weighted by Gasteiger charge is -2.20. The molecule has 0 spiro atoms. The molecule has 0 unspecified atom stereocenters. The summed E-state index contributed by atoms with van der Waals surface area (Å²) in [4.78, 5) is 12.3. The van der Waals surface area contributed by atoms with Gasteiger partial charge in [0, 0.05) is 17.6 Å². The lowest BCUT2D eigenvalue weighted by molar-refractivity contribution is 0.0919. The van der Waals surface area contributed by atoms with Gasteiger partial charge in [0.1, 0.15) is 0 Å². The van der Waals surface area contributed by atoms with Crippen LogP contribution in [0.5, 0.6) is 0 Å². The van der Waals surface area contributed by atoms with Crippen LogP contribution in [-0.4, -0.2) is 19.9 Å². The molecule has 5 nitrogen and oxygen atoms in total. The van der Waals surface area contributed by atoms with E-state index in [0.29, 0.717) is 5.56 Å². The zero-order valence-electron chi connectivity index (χ0n) is 15.0. The van der Waals surface area contributed by atoms with Crippen molar-refractivity contribution in [1.29, 1.82) is 0 Å². The van der Waals surface area contributed by atoms with E-state index in [2.05, 4.69) is 10.0 Å². The van der Waals surface area contributed by atoms with Gasteiger partial charge < -0.3 is 5.32 Å². The summed E-state index contributed by atoms with van der Waals surface area (Å²) in [5, 5.41) is 2.83. The van der Waals surface area contributed by atoms with Gasteiger partial charge in [-0.3, -0.25) is 4.79 Å². The Labute approximate surface area is 149 Å². The number of rotatable bonds is 5. The van der Waals surface area contributed by atoms with Gasteiger partial charge in [-0.25, -0.2) is 13.1 Å². The average Bonchev–Trinajstić information content (AvgIpc) is 2.53. The summed E-state index contributed by atoms with van der Waals surface area (Å²) in [6.07, 6.45) is 0. The van der Waals surface area contributed by atoms with E-state index in [4.69, 9.17) is 0 Å². The molecule has 0 bridgehead atoms. The van der Waals surface area contributed by atoms with Crippen LogP contribution in [0, 0.1) is 6.92 Å². The summed E-state index contributed by atoms with van der Waals surface area (Å²) in [7, 11) is -3.70. The molecule has 0 saturated carbocycles. The quantitative estimate of drug-likeness (QED) is 0.861. The molecule has 0 aromatic heterocycles. The first-order valence-corrected chi connectivity index (χ1v) is 9.53. The van der Waals surface area contributed by atoms with Crippen molar-refractivity contribution < 1.29 is 13.2 Å². The molecule has 0 fully saturated rings. The van der Waals surface area contributed by atoms with Gasteiger partial charge in [-0.2, -0.15) is 0 Å².